The molecule has 1 aliphatic carbocycles. The molecule has 2 N–H and O–H groups in total. The maximum Gasteiger partial charge on any atom is 0.240 e. The molecule has 23 heavy (non-hydrogen) atoms. The molecule has 1 aromatic heterocycles. The van der Waals surface area contributed by atoms with Gasteiger partial charge in [-0.1, -0.05) is 38.2 Å². The first-order valence-electron chi connectivity index (χ1n) is 7.90. The summed E-state index contributed by atoms with van der Waals surface area (Å²) in [6.07, 6.45) is 7.23. The third-order valence-electron chi connectivity index (χ3n) is 4.48. The Kier molecular flexibility index (Phi) is 4.72. The Bertz CT molecular complexity index is 752. The number of sulfonamides is 1. The highest BCUT2D eigenvalue weighted by Crippen LogP contribution is 2.31. The highest BCUT2D eigenvalue weighted by Gasteiger charge is 2.20. The second kappa shape index (κ2) is 6.76. The van der Waals surface area contributed by atoms with E-state index in [-0.39, 0.29) is 4.90 Å². The minimum atomic E-state index is -3.50. The van der Waals surface area contributed by atoms with Crippen LogP contribution in [0.4, 0.5) is 0 Å². The van der Waals surface area contributed by atoms with E-state index in [1.807, 2.05) is 6.07 Å². The monoisotopic (exact) mass is 335 g/mol. The lowest BCUT2D eigenvalue weighted by Gasteiger charge is -2.22. The van der Waals surface area contributed by atoms with E-state index >= 15 is 0 Å². The number of aromatic amines is 1. The summed E-state index contributed by atoms with van der Waals surface area (Å²) in [4.78, 5) is 0.215. The van der Waals surface area contributed by atoms with Crippen LogP contribution in [0.3, 0.4) is 0 Å². The van der Waals surface area contributed by atoms with Crippen LogP contribution < -0.4 is 4.72 Å². The average Bonchev–Trinajstić information content (AvgIpc) is 3.10. The summed E-state index contributed by atoms with van der Waals surface area (Å²) in [5, 5.41) is 14.1. The molecule has 0 atom stereocenters. The summed E-state index contributed by atoms with van der Waals surface area (Å²) >= 11 is 0. The number of benzene rings is 1. The van der Waals surface area contributed by atoms with Crippen LogP contribution in [0.5, 0.6) is 0 Å². The van der Waals surface area contributed by atoms with E-state index in [1.54, 1.807) is 12.1 Å². The van der Waals surface area contributed by atoms with Crippen molar-refractivity contribution in [3.63, 3.8) is 0 Å². The van der Waals surface area contributed by atoms with E-state index in [1.165, 1.54) is 39.2 Å². The molecule has 8 heteroatoms. The smallest absolute Gasteiger partial charge is 0.214 e. The van der Waals surface area contributed by atoms with Gasteiger partial charge in [0.2, 0.25) is 15.8 Å². The molecule has 2 aromatic rings. The van der Waals surface area contributed by atoms with Crippen molar-refractivity contribution in [1.82, 2.24) is 25.3 Å². The van der Waals surface area contributed by atoms with Crippen molar-refractivity contribution in [1.29, 1.82) is 0 Å². The summed E-state index contributed by atoms with van der Waals surface area (Å²) < 4.78 is 26.4. The molecule has 0 unspecified atom stereocenters. The summed E-state index contributed by atoms with van der Waals surface area (Å²) in [5.41, 5.74) is 1.81. The molecule has 1 fully saturated rings. The first-order chi connectivity index (χ1) is 11.1. The van der Waals surface area contributed by atoms with Gasteiger partial charge in [0.25, 0.3) is 0 Å². The van der Waals surface area contributed by atoms with Crippen LogP contribution in [0.2, 0.25) is 0 Å². The van der Waals surface area contributed by atoms with Crippen LogP contribution in [0.15, 0.2) is 23.1 Å². The molecule has 0 amide bonds. The summed E-state index contributed by atoms with van der Waals surface area (Å²) in [7, 11) is -2.10. The van der Waals surface area contributed by atoms with Gasteiger partial charge in [-0.25, -0.2) is 13.1 Å². The van der Waals surface area contributed by atoms with Crippen LogP contribution in [0.25, 0.3) is 11.4 Å². The van der Waals surface area contributed by atoms with E-state index < -0.39 is 10.0 Å². The van der Waals surface area contributed by atoms with Gasteiger partial charge in [0.1, 0.15) is 0 Å². The van der Waals surface area contributed by atoms with Gasteiger partial charge >= 0.3 is 0 Å². The molecular formula is C15H21N5O2S. The van der Waals surface area contributed by atoms with Crippen molar-refractivity contribution in [2.45, 2.75) is 43.4 Å². The average molecular weight is 335 g/mol. The minimum Gasteiger partial charge on any atom is -0.214 e. The maximum atomic E-state index is 12.0. The van der Waals surface area contributed by atoms with Gasteiger partial charge in [-0.2, -0.15) is 5.21 Å². The summed E-state index contributed by atoms with van der Waals surface area (Å²) in [5.74, 6) is 1.07. The van der Waals surface area contributed by atoms with Crippen molar-refractivity contribution >= 4 is 10.0 Å². The topological polar surface area (TPSA) is 101 Å². The lowest BCUT2D eigenvalue weighted by Crippen LogP contribution is -2.19. The molecule has 3 rings (SSSR count). The fourth-order valence-corrected chi connectivity index (χ4v) is 3.96. The second-order valence-electron chi connectivity index (χ2n) is 5.97. The van der Waals surface area contributed by atoms with E-state index in [4.69, 9.17) is 0 Å². The predicted molar refractivity (Wildman–Crippen MR) is 86.1 cm³/mol. The molecular weight excluding hydrogens is 314 g/mol. The molecule has 1 heterocycles. The zero-order valence-corrected chi connectivity index (χ0v) is 13.9. The Morgan fingerprint density at radius 1 is 1.26 bits per heavy atom. The van der Waals surface area contributed by atoms with Crippen LogP contribution in [0.1, 0.15) is 37.7 Å². The van der Waals surface area contributed by atoms with Gasteiger partial charge in [-0.05, 0) is 42.3 Å². The predicted octanol–water partition coefficient (Wildman–Crippen LogP) is 1.90. The summed E-state index contributed by atoms with van der Waals surface area (Å²) in [6.45, 7) is 0. The summed E-state index contributed by atoms with van der Waals surface area (Å²) in [6, 6.07) is 5.16. The van der Waals surface area contributed by atoms with Crippen LogP contribution in [-0.4, -0.2) is 36.1 Å². The van der Waals surface area contributed by atoms with Gasteiger partial charge in [0, 0.05) is 5.56 Å². The quantitative estimate of drug-likeness (QED) is 0.869. The SMILES string of the molecule is CNS(=O)(=O)c1ccc(CC2CCCCC2)c(-c2nn[nH]n2)c1. The first-order valence-corrected chi connectivity index (χ1v) is 9.39. The number of nitrogens with zero attached hydrogens (tertiary/aromatic N) is 3. The highest BCUT2D eigenvalue weighted by molar-refractivity contribution is 7.89. The Balaban J connectivity index is 1.98. The van der Waals surface area contributed by atoms with Crippen LogP contribution in [0, 0.1) is 5.92 Å². The number of rotatable bonds is 5. The Morgan fingerprint density at radius 3 is 2.70 bits per heavy atom. The first kappa shape index (κ1) is 16.1. The molecule has 124 valence electrons. The molecule has 0 bridgehead atoms. The molecule has 0 radical (unpaired) electrons. The molecule has 1 saturated carbocycles. The van der Waals surface area contributed by atoms with Crippen molar-refractivity contribution in [3.05, 3.63) is 23.8 Å². The van der Waals surface area contributed by atoms with Gasteiger partial charge in [-0.3, -0.25) is 0 Å². The lowest BCUT2D eigenvalue weighted by molar-refractivity contribution is 0.357. The van der Waals surface area contributed by atoms with Gasteiger partial charge in [-0.15, -0.1) is 10.2 Å². The number of nitrogens with one attached hydrogen (secondary N) is 2. The van der Waals surface area contributed by atoms with Gasteiger partial charge in [0.05, 0.1) is 4.90 Å². The van der Waals surface area contributed by atoms with Crippen LogP contribution >= 0.6 is 0 Å². The molecule has 1 aromatic carbocycles. The van der Waals surface area contributed by atoms with Crippen molar-refractivity contribution in [2.24, 2.45) is 5.92 Å². The third-order valence-corrected chi connectivity index (χ3v) is 5.89. The van der Waals surface area contributed by atoms with E-state index in [0.29, 0.717) is 11.7 Å². The zero-order valence-electron chi connectivity index (χ0n) is 13.1. The molecule has 1 aliphatic rings. The standard InChI is InChI=1S/C15H21N5O2S/c1-16-23(21,22)13-8-7-12(9-11-5-3-2-4-6-11)14(10-13)15-17-19-20-18-15/h7-8,10-11,16H,2-6,9H2,1H3,(H,17,18,19,20). The van der Waals surface area contributed by atoms with Crippen LogP contribution in [-0.2, 0) is 16.4 Å². The molecule has 7 nitrogen and oxygen atoms in total. The number of H-pyrrole nitrogens is 1. The molecule has 0 saturated heterocycles. The van der Waals surface area contributed by atoms with Gasteiger partial charge < -0.3 is 0 Å². The Morgan fingerprint density at radius 2 is 2.04 bits per heavy atom. The second-order valence-corrected chi connectivity index (χ2v) is 7.86. The number of hydrogen-bond acceptors (Lipinski definition) is 5. The normalized spacial score (nSPS) is 16.6. The molecule has 0 aliphatic heterocycles. The number of aromatic nitrogens is 4. The highest BCUT2D eigenvalue weighted by atomic mass is 32.2. The minimum absolute atomic E-state index is 0.215. The van der Waals surface area contributed by atoms with Crippen molar-refractivity contribution < 1.29 is 8.42 Å². The van der Waals surface area contributed by atoms with E-state index in [9.17, 15) is 8.42 Å². The lowest BCUT2D eigenvalue weighted by atomic mass is 9.84. The molecule has 0 spiro atoms. The fourth-order valence-electron chi connectivity index (χ4n) is 3.20. The van der Waals surface area contributed by atoms with Crippen molar-refractivity contribution in [3.8, 4) is 11.4 Å². The van der Waals surface area contributed by atoms with Gasteiger partial charge in [0.15, 0.2) is 0 Å². The number of hydrogen-bond donors (Lipinski definition) is 2. The van der Waals surface area contributed by atoms with E-state index in [0.717, 1.165) is 17.5 Å². The van der Waals surface area contributed by atoms with E-state index in [2.05, 4.69) is 25.3 Å². The Hall–Kier alpha value is -1.80. The Labute approximate surface area is 135 Å². The maximum absolute atomic E-state index is 12.0. The van der Waals surface area contributed by atoms with Crippen molar-refractivity contribution in [2.75, 3.05) is 7.05 Å². The zero-order chi connectivity index (χ0) is 16.3. The largest absolute Gasteiger partial charge is 0.240 e. The number of tetrazole rings is 1. The fraction of sp³-hybridized carbons (Fsp3) is 0.533. The third kappa shape index (κ3) is 3.59.